The van der Waals surface area contributed by atoms with Crippen molar-refractivity contribution in [3.8, 4) is 0 Å². The van der Waals surface area contributed by atoms with Gasteiger partial charge in [-0.3, -0.25) is 10.6 Å². The number of hydrogen-bond acceptors (Lipinski definition) is 5. The number of ether oxygens (including phenoxy) is 2. The molecule has 2 amide bonds. The van der Waals surface area contributed by atoms with Gasteiger partial charge in [0.05, 0.1) is 13.2 Å². The molecule has 0 radical (unpaired) electrons. The monoisotopic (exact) mass is 516 g/mol. The van der Waals surface area contributed by atoms with Crippen molar-refractivity contribution in [1.29, 1.82) is 0 Å². The SMILES string of the molecule is C.C.CCCCCCCOC(=O)Nc1ccc(Cc2ccc(NC(=O)OCCCCCCO)cc2)cc1. The molecule has 7 heteroatoms. The first-order valence-electron chi connectivity index (χ1n) is 12.8. The molecule has 0 saturated carbocycles. The molecule has 0 aliphatic heterocycles. The first kappa shape index (κ1) is 33.9. The molecule has 208 valence electrons. The predicted molar refractivity (Wildman–Crippen MR) is 153 cm³/mol. The lowest BCUT2D eigenvalue weighted by atomic mass is 10.0. The van der Waals surface area contributed by atoms with Crippen molar-refractivity contribution in [2.24, 2.45) is 0 Å². The molecule has 0 saturated heterocycles. The summed E-state index contributed by atoms with van der Waals surface area (Å²) in [6.07, 6.45) is 8.90. The summed E-state index contributed by atoms with van der Waals surface area (Å²) in [5, 5.41) is 14.3. The van der Waals surface area contributed by atoms with E-state index >= 15 is 0 Å². The Kier molecular flexibility index (Phi) is 19.3. The van der Waals surface area contributed by atoms with Crippen LogP contribution >= 0.6 is 0 Å². The van der Waals surface area contributed by atoms with Crippen LogP contribution < -0.4 is 10.6 Å². The smallest absolute Gasteiger partial charge is 0.411 e. The van der Waals surface area contributed by atoms with E-state index in [-0.39, 0.29) is 21.5 Å². The molecule has 37 heavy (non-hydrogen) atoms. The molecule has 0 aliphatic carbocycles. The molecule has 0 atom stereocenters. The fourth-order valence-electron chi connectivity index (χ4n) is 3.56. The number of nitrogens with one attached hydrogen (secondary N) is 2. The average Bonchev–Trinajstić information content (AvgIpc) is 2.86. The van der Waals surface area contributed by atoms with Crippen molar-refractivity contribution in [2.75, 3.05) is 30.5 Å². The van der Waals surface area contributed by atoms with Crippen molar-refractivity contribution >= 4 is 23.6 Å². The van der Waals surface area contributed by atoms with E-state index in [4.69, 9.17) is 14.6 Å². The molecule has 2 aromatic rings. The third-order valence-corrected chi connectivity index (χ3v) is 5.58. The van der Waals surface area contributed by atoms with Crippen molar-refractivity contribution in [3.63, 3.8) is 0 Å². The predicted octanol–water partition coefficient (Wildman–Crippen LogP) is 8.17. The third-order valence-electron chi connectivity index (χ3n) is 5.58. The van der Waals surface area contributed by atoms with Gasteiger partial charge in [0.25, 0.3) is 0 Å². The minimum Gasteiger partial charge on any atom is -0.449 e. The zero-order chi connectivity index (χ0) is 25.1. The molecule has 0 aliphatic rings. The van der Waals surface area contributed by atoms with E-state index in [0.717, 1.165) is 56.1 Å². The Hall–Kier alpha value is -3.06. The number of benzene rings is 2. The molecule has 0 fully saturated rings. The summed E-state index contributed by atoms with van der Waals surface area (Å²) in [4.78, 5) is 23.8. The quantitative estimate of drug-likeness (QED) is 0.196. The number of hydrogen-bond donors (Lipinski definition) is 3. The van der Waals surface area contributed by atoms with Crippen LogP contribution in [0, 0.1) is 0 Å². The van der Waals surface area contributed by atoms with Crippen LogP contribution in [-0.4, -0.2) is 37.1 Å². The van der Waals surface area contributed by atoms with Crippen LogP contribution in [0.4, 0.5) is 21.0 Å². The van der Waals surface area contributed by atoms with Gasteiger partial charge >= 0.3 is 12.2 Å². The molecular formula is C30H48N2O5. The highest BCUT2D eigenvalue weighted by Gasteiger charge is 2.05. The molecule has 2 rings (SSSR count). The number of aliphatic hydroxyl groups excluding tert-OH is 1. The van der Waals surface area contributed by atoms with Crippen LogP contribution in [0.5, 0.6) is 0 Å². The number of amides is 2. The summed E-state index contributed by atoms with van der Waals surface area (Å²) in [6.45, 7) is 3.20. The Morgan fingerprint density at radius 1 is 0.649 bits per heavy atom. The first-order chi connectivity index (χ1) is 17.1. The van der Waals surface area contributed by atoms with Gasteiger partial charge in [-0.2, -0.15) is 0 Å². The largest absolute Gasteiger partial charge is 0.449 e. The van der Waals surface area contributed by atoms with Crippen LogP contribution in [0.3, 0.4) is 0 Å². The zero-order valence-electron chi connectivity index (χ0n) is 20.9. The second-order valence-corrected chi connectivity index (χ2v) is 8.64. The standard InChI is InChI=1S/C28H40N2O5.2CH4/c1-2-3-4-6-9-20-34-27(32)29-25-15-11-23(12-16-25)22-24-13-17-26(18-14-24)30-28(33)35-21-10-7-5-8-19-31;;/h11-18,31H,2-10,19-22H2,1H3,(H,29,32)(H,30,33);2*1H4. The van der Waals surface area contributed by atoms with E-state index < -0.39 is 12.2 Å². The fraction of sp³-hybridized carbons (Fsp3) is 0.533. The first-order valence-corrected chi connectivity index (χ1v) is 12.8. The van der Waals surface area contributed by atoms with Gasteiger partial charge in [0, 0.05) is 18.0 Å². The number of carbonyl (C=O) groups is 2. The number of rotatable bonds is 16. The van der Waals surface area contributed by atoms with Gasteiger partial charge < -0.3 is 14.6 Å². The number of carbonyl (C=O) groups excluding carboxylic acids is 2. The molecule has 0 unspecified atom stereocenters. The lowest BCUT2D eigenvalue weighted by Crippen LogP contribution is -2.14. The van der Waals surface area contributed by atoms with Crippen LogP contribution in [0.1, 0.15) is 90.7 Å². The fourth-order valence-corrected chi connectivity index (χ4v) is 3.56. The normalized spacial score (nSPS) is 10.0. The van der Waals surface area contributed by atoms with Gasteiger partial charge in [0.15, 0.2) is 0 Å². The molecule has 0 spiro atoms. The second-order valence-electron chi connectivity index (χ2n) is 8.64. The van der Waals surface area contributed by atoms with E-state index in [1.54, 1.807) is 0 Å². The highest BCUT2D eigenvalue weighted by molar-refractivity contribution is 5.85. The molecule has 7 nitrogen and oxygen atoms in total. The van der Waals surface area contributed by atoms with Crippen LogP contribution in [0.25, 0.3) is 0 Å². The second kappa shape index (κ2) is 21.1. The highest BCUT2D eigenvalue weighted by atomic mass is 16.6. The third kappa shape index (κ3) is 15.6. The van der Waals surface area contributed by atoms with Gasteiger partial charge in [0.1, 0.15) is 0 Å². The van der Waals surface area contributed by atoms with E-state index in [1.807, 2.05) is 48.5 Å². The summed E-state index contributed by atoms with van der Waals surface area (Å²) in [6, 6.07) is 15.3. The Bertz CT molecular complexity index is 782. The van der Waals surface area contributed by atoms with Crippen molar-refractivity contribution in [3.05, 3.63) is 59.7 Å². The maximum absolute atomic E-state index is 11.9. The maximum atomic E-state index is 11.9. The Labute approximate surface area is 224 Å². The lowest BCUT2D eigenvalue weighted by Gasteiger charge is -2.09. The topological polar surface area (TPSA) is 96.9 Å². The Morgan fingerprint density at radius 2 is 1.05 bits per heavy atom. The van der Waals surface area contributed by atoms with E-state index in [1.165, 1.54) is 19.3 Å². The van der Waals surface area contributed by atoms with Crippen molar-refractivity contribution < 1.29 is 24.2 Å². The van der Waals surface area contributed by atoms with Crippen LogP contribution in [-0.2, 0) is 15.9 Å². The highest BCUT2D eigenvalue weighted by Crippen LogP contribution is 2.16. The average molecular weight is 517 g/mol. The summed E-state index contributed by atoms with van der Waals surface area (Å²) in [7, 11) is 0. The molecule has 0 aromatic heterocycles. The summed E-state index contributed by atoms with van der Waals surface area (Å²) in [5.41, 5.74) is 3.61. The number of anilines is 2. The molecule has 3 N–H and O–H groups in total. The van der Waals surface area contributed by atoms with Crippen LogP contribution in [0.15, 0.2) is 48.5 Å². The molecule has 2 aromatic carbocycles. The summed E-state index contributed by atoms with van der Waals surface area (Å²) >= 11 is 0. The Morgan fingerprint density at radius 3 is 1.46 bits per heavy atom. The maximum Gasteiger partial charge on any atom is 0.411 e. The number of unbranched alkanes of at least 4 members (excludes halogenated alkanes) is 7. The van der Waals surface area contributed by atoms with E-state index in [9.17, 15) is 9.59 Å². The minimum absolute atomic E-state index is 0. The van der Waals surface area contributed by atoms with E-state index in [0.29, 0.717) is 24.6 Å². The Balaban J connectivity index is 0.00000648. The van der Waals surface area contributed by atoms with Gasteiger partial charge in [0.2, 0.25) is 0 Å². The summed E-state index contributed by atoms with van der Waals surface area (Å²) < 4.78 is 10.4. The van der Waals surface area contributed by atoms with Crippen LogP contribution in [0.2, 0.25) is 0 Å². The molecular weight excluding hydrogens is 468 g/mol. The van der Waals surface area contributed by atoms with Gasteiger partial charge in [-0.05, 0) is 67.5 Å². The van der Waals surface area contributed by atoms with Crippen molar-refractivity contribution in [2.45, 2.75) is 86.0 Å². The van der Waals surface area contributed by atoms with Gasteiger partial charge in [-0.15, -0.1) is 0 Å². The zero-order valence-corrected chi connectivity index (χ0v) is 20.9. The van der Waals surface area contributed by atoms with Gasteiger partial charge in [-0.25, -0.2) is 9.59 Å². The lowest BCUT2D eigenvalue weighted by molar-refractivity contribution is 0.158. The number of aliphatic hydroxyl groups is 1. The molecule has 0 bridgehead atoms. The molecule has 0 heterocycles. The van der Waals surface area contributed by atoms with E-state index in [2.05, 4.69) is 17.6 Å². The van der Waals surface area contributed by atoms with Crippen molar-refractivity contribution in [1.82, 2.24) is 0 Å². The van der Waals surface area contributed by atoms with Gasteiger partial charge in [-0.1, -0.05) is 78.1 Å². The summed E-state index contributed by atoms with van der Waals surface area (Å²) in [5.74, 6) is 0. The minimum atomic E-state index is -0.460.